The zero-order chi connectivity index (χ0) is 16.9. The lowest BCUT2D eigenvalue weighted by atomic mass is 10.1. The molecule has 1 aliphatic rings. The summed E-state index contributed by atoms with van der Waals surface area (Å²) < 4.78 is 16.1. The average Bonchev–Trinajstić information content (AvgIpc) is 2.98. The summed E-state index contributed by atoms with van der Waals surface area (Å²) in [4.78, 5) is 2.23. The van der Waals surface area contributed by atoms with E-state index in [0.29, 0.717) is 6.54 Å². The van der Waals surface area contributed by atoms with Crippen LogP contribution in [0.25, 0.3) is 0 Å². The quantitative estimate of drug-likeness (QED) is 0.791. The van der Waals surface area contributed by atoms with Crippen LogP contribution in [0.3, 0.4) is 0 Å². The number of para-hydroxylation sites is 1. The highest BCUT2D eigenvalue weighted by Gasteiger charge is 2.29. The number of aliphatic hydroxyl groups is 1. The molecule has 0 aliphatic carbocycles. The zero-order valence-electron chi connectivity index (χ0n) is 14.1. The molecule has 1 heterocycles. The van der Waals surface area contributed by atoms with E-state index in [1.807, 2.05) is 30.3 Å². The number of anilines is 1. The van der Waals surface area contributed by atoms with Crippen molar-refractivity contribution < 1.29 is 19.3 Å². The molecule has 5 heteroatoms. The van der Waals surface area contributed by atoms with Gasteiger partial charge in [-0.05, 0) is 36.2 Å². The summed E-state index contributed by atoms with van der Waals surface area (Å²) in [7, 11) is 3.25. The summed E-state index contributed by atoms with van der Waals surface area (Å²) in [5.41, 5.74) is 3.43. The molecule has 0 radical (unpaired) electrons. The van der Waals surface area contributed by atoms with Crippen molar-refractivity contribution in [2.24, 2.45) is 0 Å². The molecule has 1 atom stereocenters. The van der Waals surface area contributed by atoms with Gasteiger partial charge in [-0.1, -0.05) is 18.2 Å². The summed E-state index contributed by atoms with van der Waals surface area (Å²) in [5, 5.41) is 9.78. The number of fused-ring (bicyclic) bond motifs is 1. The van der Waals surface area contributed by atoms with Crippen LogP contribution in [0.5, 0.6) is 11.5 Å². The number of ether oxygens (including phenoxy) is 3. The second-order valence-electron chi connectivity index (χ2n) is 5.82. The molecule has 0 bridgehead atoms. The molecule has 128 valence electrons. The Balaban J connectivity index is 1.91. The third-order valence-corrected chi connectivity index (χ3v) is 4.35. The maximum Gasteiger partial charge on any atom is 0.188 e. The fraction of sp³-hybridized carbons (Fsp3) is 0.368. The number of aliphatic hydroxyl groups excluding tert-OH is 1. The molecule has 3 rings (SSSR count). The van der Waals surface area contributed by atoms with E-state index in [9.17, 15) is 5.11 Å². The first kappa shape index (κ1) is 16.6. The highest BCUT2D eigenvalue weighted by Crippen LogP contribution is 2.35. The lowest BCUT2D eigenvalue weighted by Crippen LogP contribution is -2.34. The Hall–Kier alpha value is -2.24. The first-order chi connectivity index (χ1) is 11.8. The van der Waals surface area contributed by atoms with E-state index in [1.165, 1.54) is 5.56 Å². The van der Waals surface area contributed by atoms with Gasteiger partial charge in [-0.25, -0.2) is 0 Å². The van der Waals surface area contributed by atoms with E-state index >= 15 is 0 Å². The van der Waals surface area contributed by atoms with Crippen LogP contribution in [0.1, 0.15) is 11.1 Å². The second-order valence-corrected chi connectivity index (χ2v) is 5.82. The van der Waals surface area contributed by atoms with Crippen molar-refractivity contribution in [2.45, 2.75) is 19.0 Å². The van der Waals surface area contributed by atoms with Crippen molar-refractivity contribution in [3.8, 4) is 11.5 Å². The average molecular weight is 329 g/mol. The van der Waals surface area contributed by atoms with Crippen molar-refractivity contribution >= 4 is 5.69 Å². The van der Waals surface area contributed by atoms with Gasteiger partial charge in [0.1, 0.15) is 11.5 Å². The van der Waals surface area contributed by atoms with Crippen molar-refractivity contribution in [3.05, 3.63) is 53.6 Å². The van der Waals surface area contributed by atoms with Crippen LogP contribution < -0.4 is 14.4 Å². The smallest absolute Gasteiger partial charge is 0.188 e. The molecule has 0 saturated carbocycles. The monoisotopic (exact) mass is 329 g/mol. The van der Waals surface area contributed by atoms with Gasteiger partial charge in [-0.3, -0.25) is 0 Å². The molecule has 0 aromatic heterocycles. The lowest BCUT2D eigenvalue weighted by Gasteiger charge is -2.27. The van der Waals surface area contributed by atoms with E-state index in [0.717, 1.165) is 29.2 Å². The van der Waals surface area contributed by atoms with E-state index in [1.54, 1.807) is 14.2 Å². The van der Waals surface area contributed by atoms with Gasteiger partial charge in [0.05, 0.1) is 19.8 Å². The molecule has 24 heavy (non-hydrogen) atoms. The first-order valence-electron chi connectivity index (χ1n) is 8.01. The number of methoxy groups -OCH3 is 2. The van der Waals surface area contributed by atoms with E-state index in [2.05, 4.69) is 17.0 Å². The van der Waals surface area contributed by atoms with Gasteiger partial charge in [0.2, 0.25) is 0 Å². The largest absolute Gasteiger partial charge is 0.497 e. The summed E-state index contributed by atoms with van der Waals surface area (Å²) >= 11 is 0. The van der Waals surface area contributed by atoms with Gasteiger partial charge in [0.25, 0.3) is 0 Å². The summed E-state index contributed by atoms with van der Waals surface area (Å²) in [6.45, 7) is 0.949. The molecule has 1 aliphatic heterocycles. The van der Waals surface area contributed by atoms with Crippen LogP contribution in [-0.2, 0) is 17.7 Å². The van der Waals surface area contributed by atoms with Gasteiger partial charge in [-0.2, -0.15) is 0 Å². The summed E-state index contributed by atoms with van der Waals surface area (Å²) in [6.07, 6.45) is 0.852. The number of nitrogens with zero attached hydrogens (tertiary/aromatic N) is 1. The number of rotatable bonds is 7. The van der Waals surface area contributed by atoms with Gasteiger partial charge >= 0.3 is 0 Å². The van der Waals surface area contributed by atoms with Gasteiger partial charge < -0.3 is 24.2 Å². The van der Waals surface area contributed by atoms with Crippen LogP contribution in [-0.4, -0.2) is 38.8 Å². The fourth-order valence-corrected chi connectivity index (χ4v) is 3.15. The number of hydrogen-bond donors (Lipinski definition) is 1. The van der Waals surface area contributed by atoms with E-state index in [4.69, 9.17) is 14.2 Å². The molecule has 0 spiro atoms. The minimum absolute atomic E-state index is 0.0730. The second kappa shape index (κ2) is 7.55. The third-order valence-electron chi connectivity index (χ3n) is 4.35. The predicted molar refractivity (Wildman–Crippen MR) is 92.7 cm³/mol. The molecule has 1 unspecified atom stereocenters. The van der Waals surface area contributed by atoms with Crippen LogP contribution in [0, 0.1) is 0 Å². The van der Waals surface area contributed by atoms with E-state index in [-0.39, 0.29) is 19.4 Å². The Kier molecular flexibility index (Phi) is 5.23. The molecule has 0 fully saturated rings. The topological polar surface area (TPSA) is 51.2 Å². The van der Waals surface area contributed by atoms with Crippen LogP contribution in [0.15, 0.2) is 42.5 Å². The molecule has 0 amide bonds. The maximum atomic E-state index is 9.78. The Labute approximate surface area is 142 Å². The Bertz CT molecular complexity index is 689. The van der Waals surface area contributed by atoms with Crippen molar-refractivity contribution in [2.75, 3.05) is 32.5 Å². The summed E-state index contributed by atoms with van der Waals surface area (Å²) in [6, 6.07) is 14.1. The predicted octanol–water partition coefficient (Wildman–Crippen LogP) is 2.60. The molecule has 1 N–H and O–H groups in total. The van der Waals surface area contributed by atoms with Crippen LogP contribution >= 0.6 is 0 Å². The molecule has 0 saturated heterocycles. The van der Waals surface area contributed by atoms with Crippen molar-refractivity contribution in [1.29, 1.82) is 0 Å². The van der Waals surface area contributed by atoms with Crippen LogP contribution in [0.4, 0.5) is 5.69 Å². The lowest BCUT2D eigenvalue weighted by molar-refractivity contribution is 0.0503. The van der Waals surface area contributed by atoms with Gasteiger partial charge in [-0.15, -0.1) is 0 Å². The third kappa shape index (κ3) is 3.32. The summed E-state index contributed by atoms with van der Waals surface area (Å²) in [5.74, 6) is 1.54. The molecule has 2 aromatic rings. The SMILES string of the molecule is COCOc1ccc(OC)cc1CN1c2ccccc2CC1CO. The zero-order valence-corrected chi connectivity index (χ0v) is 14.1. The fourth-order valence-electron chi connectivity index (χ4n) is 3.15. The highest BCUT2D eigenvalue weighted by molar-refractivity contribution is 5.60. The Morgan fingerprint density at radius 2 is 2.00 bits per heavy atom. The molecular formula is C19H23NO4. The first-order valence-corrected chi connectivity index (χ1v) is 8.01. The Morgan fingerprint density at radius 3 is 2.75 bits per heavy atom. The maximum absolute atomic E-state index is 9.78. The Morgan fingerprint density at radius 1 is 1.17 bits per heavy atom. The number of hydrogen-bond acceptors (Lipinski definition) is 5. The van der Waals surface area contributed by atoms with Gasteiger partial charge in [0, 0.05) is 24.9 Å². The highest BCUT2D eigenvalue weighted by atomic mass is 16.7. The van der Waals surface area contributed by atoms with Gasteiger partial charge in [0.15, 0.2) is 6.79 Å². The van der Waals surface area contributed by atoms with Crippen molar-refractivity contribution in [3.63, 3.8) is 0 Å². The van der Waals surface area contributed by atoms with Crippen molar-refractivity contribution in [1.82, 2.24) is 0 Å². The molecular weight excluding hydrogens is 306 g/mol. The van der Waals surface area contributed by atoms with Crippen LogP contribution in [0.2, 0.25) is 0 Å². The normalized spacial score (nSPS) is 16.1. The number of benzene rings is 2. The minimum Gasteiger partial charge on any atom is -0.497 e. The minimum atomic E-state index is 0.0730. The standard InChI is InChI=1S/C19H23NO4/c1-22-13-24-19-8-7-17(23-2)10-15(19)11-20-16(12-21)9-14-5-3-4-6-18(14)20/h3-8,10,16,21H,9,11-13H2,1-2H3. The van der Waals surface area contributed by atoms with E-state index < -0.39 is 0 Å². The molecule has 2 aromatic carbocycles. The molecule has 5 nitrogen and oxygen atoms in total.